The minimum Gasteiger partial charge on any atom is -0.356 e. The molecule has 1 saturated heterocycles. The van der Waals surface area contributed by atoms with Crippen LogP contribution >= 0.6 is 0 Å². The summed E-state index contributed by atoms with van der Waals surface area (Å²) >= 11 is 0. The van der Waals surface area contributed by atoms with Crippen LogP contribution in [0.2, 0.25) is 0 Å². The molecule has 1 fully saturated rings. The van der Waals surface area contributed by atoms with E-state index in [0.717, 1.165) is 91.5 Å². The number of anilines is 2. The van der Waals surface area contributed by atoms with E-state index in [2.05, 4.69) is 59.7 Å². The van der Waals surface area contributed by atoms with Gasteiger partial charge in [-0.05, 0) is 105 Å². The molecule has 3 aromatic rings. The van der Waals surface area contributed by atoms with Gasteiger partial charge in [0.15, 0.2) is 0 Å². The smallest absolute Gasteiger partial charge is 0.356 e. The monoisotopic (exact) mass is 563 g/mol. The van der Waals surface area contributed by atoms with Gasteiger partial charge in [-0.2, -0.15) is 13.2 Å². The Morgan fingerprint density at radius 1 is 1.17 bits per heavy atom. The maximum atomic E-state index is 13.2. The number of aromatic nitrogens is 2. The number of hydrogen-bond acceptors (Lipinski definition) is 5. The summed E-state index contributed by atoms with van der Waals surface area (Å²) in [4.78, 5) is 10.9. The van der Waals surface area contributed by atoms with Crippen LogP contribution in [-0.2, 0) is 12.6 Å². The fourth-order valence-electron chi connectivity index (χ4n) is 5.23. The molecule has 2 aromatic heterocycles. The average Bonchev–Trinajstić information content (AvgIpc) is 3.48. The van der Waals surface area contributed by atoms with Crippen molar-refractivity contribution in [1.29, 1.82) is 0 Å². The maximum Gasteiger partial charge on any atom is 0.433 e. The van der Waals surface area contributed by atoms with Gasteiger partial charge in [0.1, 0.15) is 11.5 Å². The Bertz CT molecular complexity index is 1340. The van der Waals surface area contributed by atoms with Crippen molar-refractivity contribution in [1.82, 2.24) is 15.3 Å². The highest BCUT2D eigenvalue weighted by Gasteiger charge is 2.32. The molecule has 4 rings (SSSR count). The molecular formula is C33H40F3N5. The number of pyridine rings is 2. The molecule has 0 saturated carbocycles. The minimum absolute atomic E-state index is 0.334. The maximum absolute atomic E-state index is 13.2. The molecule has 3 heterocycles. The lowest BCUT2D eigenvalue weighted by molar-refractivity contribution is -0.141. The summed E-state index contributed by atoms with van der Waals surface area (Å²) < 4.78 is 39.6. The van der Waals surface area contributed by atoms with Gasteiger partial charge in [-0.1, -0.05) is 25.6 Å². The summed E-state index contributed by atoms with van der Waals surface area (Å²) in [6, 6.07) is 13.3. The van der Waals surface area contributed by atoms with E-state index in [-0.39, 0.29) is 0 Å². The van der Waals surface area contributed by atoms with Crippen LogP contribution in [0, 0.1) is 6.92 Å². The Kier molecular flexibility index (Phi) is 10.2. The number of nitrogens with zero attached hydrogens (tertiary/aromatic N) is 3. The molecule has 218 valence electrons. The summed E-state index contributed by atoms with van der Waals surface area (Å²) in [5, 5.41) is 6.79. The highest BCUT2D eigenvalue weighted by molar-refractivity contribution is 5.80. The molecule has 41 heavy (non-hydrogen) atoms. The number of nitrogens with one attached hydrogen (secondary N) is 2. The molecule has 1 aromatic carbocycles. The second-order valence-corrected chi connectivity index (χ2v) is 10.7. The normalized spacial score (nSPS) is 15.1. The molecule has 0 amide bonds. The van der Waals surface area contributed by atoms with Crippen LogP contribution in [0.4, 0.5) is 24.7 Å². The molecule has 0 bridgehead atoms. The van der Waals surface area contributed by atoms with Gasteiger partial charge in [-0.3, -0.25) is 4.98 Å². The van der Waals surface area contributed by atoms with Gasteiger partial charge in [-0.25, -0.2) is 4.98 Å². The van der Waals surface area contributed by atoms with E-state index in [1.54, 1.807) is 0 Å². The fraction of sp³-hybridized carbons (Fsp3) is 0.394. The lowest BCUT2D eigenvalue weighted by Gasteiger charge is -2.24. The highest BCUT2D eigenvalue weighted by atomic mass is 19.4. The molecule has 5 nitrogen and oxygen atoms in total. The first-order valence-corrected chi connectivity index (χ1v) is 14.4. The number of benzene rings is 1. The molecule has 1 atom stereocenters. The van der Waals surface area contributed by atoms with E-state index in [1.807, 2.05) is 24.3 Å². The Balaban J connectivity index is 1.65. The van der Waals surface area contributed by atoms with Crippen molar-refractivity contribution in [3.8, 4) is 11.1 Å². The third-order valence-electron chi connectivity index (χ3n) is 7.44. The zero-order chi connectivity index (χ0) is 29.4. The van der Waals surface area contributed by atoms with Gasteiger partial charge >= 0.3 is 6.18 Å². The lowest BCUT2D eigenvalue weighted by Crippen LogP contribution is -2.26. The topological polar surface area (TPSA) is 53.1 Å². The van der Waals surface area contributed by atoms with Gasteiger partial charge in [0.05, 0.1) is 0 Å². The molecule has 1 aliphatic rings. The van der Waals surface area contributed by atoms with Crippen LogP contribution in [0.15, 0.2) is 67.9 Å². The van der Waals surface area contributed by atoms with Crippen LogP contribution in [0.1, 0.15) is 61.5 Å². The summed E-state index contributed by atoms with van der Waals surface area (Å²) in [5.41, 5.74) is 4.76. The van der Waals surface area contributed by atoms with Crippen molar-refractivity contribution in [2.45, 2.75) is 64.6 Å². The van der Waals surface area contributed by atoms with Crippen molar-refractivity contribution in [2.75, 3.05) is 29.9 Å². The molecule has 2 N–H and O–H groups in total. The van der Waals surface area contributed by atoms with E-state index in [0.29, 0.717) is 17.3 Å². The number of aryl methyl sites for hydroxylation is 2. The number of alkyl halides is 3. The molecule has 1 aliphatic heterocycles. The van der Waals surface area contributed by atoms with E-state index in [1.165, 1.54) is 18.9 Å². The lowest BCUT2D eigenvalue weighted by atomic mass is 9.98. The van der Waals surface area contributed by atoms with Gasteiger partial charge in [0.25, 0.3) is 0 Å². The van der Waals surface area contributed by atoms with E-state index in [9.17, 15) is 13.2 Å². The molecular weight excluding hydrogens is 523 g/mol. The molecule has 0 aliphatic carbocycles. The highest BCUT2D eigenvalue weighted by Crippen LogP contribution is 2.33. The largest absolute Gasteiger partial charge is 0.433 e. The molecule has 0 radical (unpaired) electrons. The summed E-state index contributed by atoms with van der Waals surface area (Å²) in [5.74, 6) is 0.958. The standard InChI is InChI=1S/C33H40F3N5/c1-5-7-18-41(17-6-2)32-21-26(19-28(40-32)13-12-27-9-8-15-37-27)30-22-29(11-10-23(30)3)39-24(4)25-14-16-38-31(20-25)33(34,35)36/h5,10-11,14,16,19-22,27,37,39H,1,4,6-9,12-13,15,17-18H2,2-3H3. The SMILES string of the molecule is C=CCCN(CCC)c1cc(-c2cc(NC(=C)c3ccnc(C(F)(F)F)c3)ccc2C)cc(CCC2CCCN2)n1. The Morgan fingerprint density at radius 3 is 2.71 bits per heavy atom. The third-order valence-corrected chi connectivity index (χ3v) is 7.44. The Labute approximate surface area is 241 Å². The van der Waals surface area contributed by atoms with Gasteiger partial charge < -0.3 is 15.5 Å². The van der Waals surface area contributed by atoms with Crippen LogP contribution in [-0.4, -0.2) is 35.6 Å². The predicted molar refractivity (Wildman–Crippen MR) is 163 cm³/mol. The molecule has 8 heteroatoms. The van der Waals surface area contributed by atoms with Crippen LogP contribution in [0.25, 0.3) is 16.8 Å². The Hall–Kier alpha value is -3.65. The van der Waals surface area contributed by atoms with Crippen LogP contribution in [0.3, 0.4) is 0 Å². The van der Waals surface area contributed by atoms with Crippen LogP contribution < -0.4 is 15.5 Å². The van der Waals surface area contributed by atoms with Crippen molar-refractivity contribution >= 4 is 17.2 Å². The molecule has 1 unspecified atom stereocenters. The average molecular weight is 564 g/mol. The fourth-order valence-corrected chi connectivity index (χ4v) is 5.23. The Morgan fingerprint density at radius 2 is 2.00 bits per heavy atom. The number of halogens is 3. The predicted octanol–water partition coefficient (Wildman–Crippen LogP) is 8.03. The zero-order valence-electron chi connectivity index (χ0n) is 24.0. The van der Waals surface area contributed by atoms with E-state index >= 15 is 0 Å². The molecule has 0 spiro atoms. The number of hydrogen-bond donors (Lipinski definition) is 2. The minimum atomic E-state index is -4.52. The van der Waals surface area contributed by atoms with Crippen molar-refractivity contribution < 1.29 is 13.2 Å². The first-order chi connectivity index (χ1) is 19.7. The summed E-state index contributed by atoms with van der Waals surface area (Å²) in [6.45, 7) is 15.0. The summed E-state index contributed by atoms with van der Waals surface area (Å²) in [6.07, 6.45) is 4.81. The van der Waals surface area contributed by atoms with Crippen LogP contribution in [0.5, 0.6) is 0 Å². The van der Waals surface area contributed by atoms with Gasteiger partial charge in [0.2, 0.25) is 0 Å². The van der Waals surface area contributed by atoms with Gasteiger partial charge in [0, 0.05) is 48.0 Å². The second kappa shape index (κ2) is 13.8. The number of rotatable bonds is 13. The second-order valence-electron chi connectivity index (χ2n) is 10.7. The quantitative estimate of drug-likeness (QED) is 0.206. The van der Waals surface area contributed by atoms with Crippen molar-refractivity contribution in [2.24, 2.45) is 0 Å². The first-order valence-electron chi connectivity index (χ1n) is 14.4. The van der Waals surface area contributed by atoms with Crippen molar-refractivity contribution in [3.05, 3.63) is 90.4 Å². The summed E-state index contributed by atoms with van der Waals surface area (Å²) in [7, 11) is 0. The van der Waals surface area contributed by atoms with Crippen molar-refractivity contribution in [3.63, 3.8) is 0 Å². The first kappa shape index (κ1) is 30.3. The van der Waals surface area contributed by atoms with Gasteiger partial charge in [-0.15, -0.1) is 6.58 Å². The zero-order valence-corrected chi connectivity index (χ0v) is 24.0. The van der Waals surface area contributed by atoms with E-state index < -0.39 is 11.9 Å². The van der Waals surface area contributed by atoms with E-state index in [4.69, 9.17) is 4.98 Å². The third kappa shape index (κ3) is 8.19.